The van der Waals surface area contributed by atoms with Crippen molar-refractivity contribution in [3.8, 4) is 16.9 Å². The topological polar surface area (TPSA) is 43.2 Å². The Morgan fingerprint density at radius 1 is 1.17 bits per heavy atom. The molecule has 4 nitrogen and oxygen atoms in total. The molecular formula is C18H15FN2O2. The summed E-state index contributed by atoms with van der Waals surface area (Å²) >= 11 is 0. The lowest BCUT2D eigenvalue weighted by Crippen LogP contribution is -2.22. The fraction of sp³-hybridized carbons (Fsp3) is 0.222. The average Bonchev–Trinajstić information content (AvgIpc) is 2.77. The zero-order valence-corrected chi connectivity index (χ0v) is 13.1. The number of methoxy groups -OCH3 is 1. The van der Waals surface area contributed by atoms with Gasteiger partial charge >= 0.3 is 0 Å². The van der Waals surface area contributed by atoms with Gasteiger partial charge in [-0.2, -0.15) is 0 Å². The van der Waals surface area contributed by atoms with Crippen molar-refractivity contribution in [3.05, 3.63) is 46.8 Å². The number of hydrogen-bond acceptors (Lipinski definition) is 4. The molecule has 4 rings (SSSR count). The van der Waals surface area contributed by atoms with Gasteiger partial charge in [-0.1, -0.05) is 12.1 Å². The third-order valence-corrected chi connectivity index (χ3v) is 4.38. The van der Waals surface area contributed by atoms with E-state index in [4.69, 9.17) is 9.57 Å². The molecule has 0 saturated heterocycles. The number of nitrogens with zero attached hydrogens (tertiary/aromatic N) is 2. The zero-order chi connectivity index (χ0) is 16.1. The van der Waals surface area contributed by atoms with E-state index in [2.05, 4.69) is 17.1 Å². The number of halogens is 1. The maximum Gasteiger partial charge on any atom is 0.279 e. The first-order valence-corrected chi connectivity index (χ1v) is 7.48. The van der Waals surface area contributed by atoms with Crippen LogP contribution in [0.2, 0.25) is 0 Å². The van der Waals surface area contributed by atoms with Crippen LogP contribution in [0.3, 0.4) is 0 Å². The summed E-state index contributed by atoms with van der Waals surface area (Å²) in [6.45, 7) is 4.11. The molecular weight excluding hydrogens is 295 g/mol. The minimum atomic E-state index is -0.290. The molecule has 2 aliphatic heterocycles. The highest BCUT2D eigenvalue weighted by Gasteiger charge is 2.34. The molecule has 0 bridgehead atoms. The van der Waals surface area contributed by atoms with Crippen molar-refractivity contribution in [1.29, 1.82) is 0 Å². The Morgan fingerprint density at radius 3 is 2.65 bits per heavy atom. The van der Waals surface area contributed by atoms with Crippen LogP contribution in [-0.4, -0.2) is 18.7 Å². The Hall–Kier alpha value is -2.69. The fourth-order valence-electron chi connectivity index (χ4n) is 3.23. The van der Waals surface area contributed by atoms with Crippen molar-refractivity contribution in [3.63, 3.8) is 0 Å². The fourth-order valence-corrected chi connectivity index (χ4v) is 3.23. The van der Waals surface area contributed by atoms with Crippen molar-refractivity contribution in [2.45, 2.75) is 20.3 Å². The number of oxime groups is 1. The third kappa shape index (κ3) is 1.89. The Balaban J connectivity index is 2.01. The molecule has 0 radical (unpaired) electrons. The zero-order valence-electron chi connectivity index (χ0n) is 13.1. The van der Waals surface area contributed by atoms with Crippen molar-refractivity contribution in [2.75, 3.05) is 7.11 Å². The van der Waals surface area contributed by atoms with E-state index in [0.717, 1.165) is 45.6 Å². The van der Waals surface area contributed by atoms with Gasteiger partial charge in [-0.15, -0.1) is 0 Å². The Bertz CT molecular complexity index is 900. The molecule has 0 unspecified atom stereocenters. The quantitative estimate of drug-likeness (QED) is 0.854. The maximum atomic E-state index is 13.8. The summed E-state index contributed by atoms with van der Waals surface area (Å²) in [5.41, 5.74) is 6.48. The molecule has 0 N–H and O–H groups in total. The largest absolute Gasteiger partial charge is 0.496 e. The molecule has 2 aliphatic rings. The van der Waals surface area contributed by atoms with Crippen LogP contribution in [0, 0.1) is 12.7 Å². The summed E-state index contributed by atoms with van der Waals surface area (Å²) in [4.78, 5) is 9.51. The predicted molar refractivity (Wildman–Crippen MR) is 87.2 cm³/mol. The van der Waals surface area contributed by atoms with E-state index < -0.39 is 0 Å². The number of fused-ring (bicyclic) bond motifs is 3. The molecule has 0 spiro atoms. The number of rotatable bonds is 3. The van der Waals surface area contributed by atoms with Crippen molar-refractivity contribution < 1.29 is 14.0 Å². The van der Waals surface area contributed by atoms with E-state index in [9.17, 15) is 4.39 Å². The molecule has 0 fully saturated rings. The van der Waals surface area contributed by atoms with Gasteiger partial charge in [0, 0.05) is 11.1 Å². The van der Waals surface area contributed by atoms with E-state index >= 15 is 0 Å². The first-order chi connectivity index (χ1) is 11.1. The summed E-state index contributed by atoms with van der Waals surface area (Å²) in [5.74, 6) is 0.919. The van der Waals surface area contributed by atoms with Crippen molar-refractivity contribution in [2.24, 2.45) is 10.1 Å². The molecule has 5 heteroatoms. The minimum absolute atomic E-state index is 0.290. The molecule has 0 saturated carbocycles. The van der Waals surface area contributed by atoms with E-state index in [1.54, 1.807) is 13.2 Å². The van der Waals surface area contributed by atoms with Crippen LogP contribution in [0.4, 0.5) is 10.1 Å². The molecule has 0 aliphatic carbocycles. The molecule has 0 atom stereocenters. The first-order valence-electron chi connectivity index (χ1n) is 7.48. The van der Waals surface area contributed by atoms with Crippen LogP contribution in [-0.2, 0) is 11.3 Å². The molecule has 2 heterocycles. The minimum Gasteiger partial charge on any atom is -0.496 e. The Labute approximate surface area is 133 Å². The van der Waals surface area contributed by atoms with Crippen LogP contribution in [0.15, 0.2) is 34.4 Å². The summed E-state index contributed by atoms with van der Waals surface area (Å²) < 4.78 is 19.2. The second-order valence-corrected chi connectivity index (χ2v) is 5.57. The summed E-state index contributed by atoms with van der Waals surface area (Å²) in [6.07, 6.45) is 0.812. The maximum absolute atomic E-state index is 13.8. The molecule has 2 aromatic carbocycles. The van der Waals surface area contributed by atoms with Crippen LogP contribution < -0.4 is 4.74 Å². The lowest BCUT2D eigenvalue weighted by atomic mass is 9.89. The van der Waals surface area contributed by atoms with Crippen molar-refractivity contribution in [1.82, 2.24) is 0 Å². The second kappa shape index (κ2) is 4.91. The van der Waals surface area contributed by atoms with Gasteiger partial charge in [-0.05, 0) is 54.3 Å². The van der Waals surface area contributed by atoms with Gasteiger partial charge in [0.05, 0.1) is 12.8 Å². The van der Waals surface area contributed by atoms with Gasteiger partial charge in [0.25, 0.3) is 5.90 Å². The van der Waals surface area contributed by atoms with Gasteiger partial charge in [0.15, 0.2) is 5.71 Å². The average molecular weight is 310 g/mol. The van der Waals surface area contributed by atoms with Crippen LogP contribution in [0.1, 0.15) is 23.6 Å². The van der Waals surface area contributed by atoms with Gasteiger partial charge < -0.3 is 9.57 Å². The standard InChI is InChI=1S/C18H15FN2O2/c1-4-11-9(2)16-14(17-18(20-16)23-21-17)8-12(11)13-7-10(19)5-6-15(13)22-3/h5-8H,4H2,1-3H3. The molecule has 0 aromatic heterocycles. The number of benzene rings is 2. The SMILES string of the molecule is CCc1c(-c2cc(F)ccc2OC)cc2c(c1C)N=C1ON=C12. The Morgan fingerprint density at radius 2 is 2.00 bits per heavy atom. The van der Waals surface area contributed by atoms with E-state index in [1.807, 2.05) is 13.0 Å². The van der Waals surface area contributed by atoms with Gasteiger partial charge in [-0.3, -0.25) is 0 Å². The highest BCUT2D eigenvalue weighted by atomic mass is 19.1. The van der Waals surface area contributed by atoms with Crippen LogP contribution in [0.25, 0.3) is 11.1 Å². The number of ether oxygens (including phenoxy) is 1. The van der Waals surface area contributed by atoms with Gasteiger partial charge in [-0.25, -0.2) is 9.38 Å². The second-order valence-electron chi connectivity index (χ2n) is 5.57. The monoisotopic (exact) mass is 310 g/mol. The molecule has 23 heavy (non-hydrogen) atoms. The smallest absolute Gasteiger partial charge is 0.279 e. The Kier molecular flexibility index (Phi) is 2.98. The summed E-state index contributed by atoms with van der Waals surface area (Å²) in [7, 11) is 1.59. The summed E-state index contributed by atoms with van der Waals surface area (Å²) in [6, 6.07) is 6.57. The summed E-state index contributed by atoms with van der Waals surface area (Å²) in [5, 5.41) is 3.94. The third-order valence-electron chi connectivity index (χ3n) is 4.38. The van der Waals surface area contributed by atoms with Crippen molar-refractivity contribution >= 4 is 17.3 Å². The van der Waals surface area contributed by atoms with E-state index in [-0.39, 0.29) is 5.82 Å². The lowest BCUT2D eigenvalue weighted by Gasteiger charge is -2.17. The first kappa shape index (κ1) is 13.9. The highest BCUT2D eigenvalue weighted by molar-refractivity contribution is 6.52. The molecule has 116 valence electrons. The number of hydrogen-bond donors (Lipinski definition) is 0. The van der Waals surface area contributed by atoms with Gasteiger partial charge in [0.2, 0.25) is 0 Å². The predicted octanol–water partition coefficient (Wildman–Crippen LogP) is 4.15. The van der Waals surface area contributed by atoms with E-state index in [0.29, 0.717) is 11.6 Å². The number of aliphatic imine (C=N–C) groups is 1. The highest BCUT2D eigenvalue weighted by Crippen LogP contribution is 2.43. The van der Waals surface area contributed by atoms with Crippen LogP contribution in [0.5, 0.6) is 5.75 Å². The molecule has 2 aromatic rings. The molecule has 0 amide bonds. The van der Waals surface area contributed by atoms with Gasteiger partial charge in [0.1, 0.15) is 11.6 Å². The van der Waals surface area contributed by atoms with E-state index in [1.165, 1.54) is 12.1 Å². The van der Waals surface area contributed by atoms with Crippen LogP contribution >= 0.6 is 0 Å². The lowest BCUT2D eigenvalue weighted by molar-refractivity contribution is 0.309. The normalized spacial score (nSPS) is 14.3.